The first kappa shape index (κ1) is 37.9. The number of H-pyrrole nitrogens is 1. The highest BCUT2D eigenvalue weighted by atomic mass is 16.5. The molecular formula is C45H44N8O6. The summed E-state index contributed by atoms with van der Waals surface area (Å²) in [6.45, 7) is 10.8. The Morgan fingerprint density at radius 1 is 0.746 bits per heavy atom. The van der Waals surface area contributed by atoms with Crippen LogP contribution in [0.25, 0.3) is 32.9 Å². The molecule has 7 heterocycles. The van der Waals surface area contributed by atoms with Crippen LogP contribution in [0, 0.1) is 0 Å². The van der Waals surface area contributed by atoms with Crippen molar-refractivity contribution in [2.75, 3.05) is 52.5 Å². The molecule has 0 radical (unpaired) electrons. The second-order valence-corrected chi connectivity index (χ2v) is 15.0. The largest absolute Gasteiger partial charge is 0.488 e. The molecular weight excluding hydrogens is 749 g/mol. The van der Waals surface area contributed by atoms with Crippen LogP contribution in [-0.2, 0) is 11.4 Å². The molecule has 0 spiro atoms. The SMILES string of the molecule is C=C1CCC(N2C(=O)c3cccc(OCc4ccc(OCCCN5CCN(CCOc6ccc(-c7ccc8c(c7)[nH]c7ccncc78)cn6)CC5)nc4)c3C2=O)C(=O)N1. The molecule has 2 saturated heterocycles. The van der Waals surface area contributed by atoms with E-state index in [1.54, 1.807) is 36.7 Å². The van der Waals surface area contributed by atoms with E-state index in [0.29, 0.717) is 43.5 Å². The number of hydrogen-bond acceptors (Lipinski definition) is 11. The quantitative estimate of drug-likeness (QED) is 0.105. The summed E-state index contributed by atoms with van der Waals surface area (Å²) in [5.74, 6) is -0.00215. The van der Waals surface area contributed by atoms with E-state index >= 15 is 0 Å². The Bertz CT molecular complexity index is 2530. The molecule has 2 aromatic carbocycles. The van der Waals surface area contributed by atoms with Crippen molar-refractivity contribution in [3.8, 4) is 28.6 Å². The Morgan fingerprint density at radius 2 is 1.53 bits per heavy atom. The molecule has 6 aromatic rings. The number of piperidine rings is 1. The summed E-state index contributed by atoms with van der Waals surface area (Å²) in [6, 6.07) is 20.1. The molecule has 3 amide bonds. The number of allylic oxidation sites excluding steroid dienone is 1. The Kier molecular flexibility index (Phi) is 10.7. The highest BCUT2D eigenvalue weighted by Gasteiger charge is 2.45. The lowest BCUT2D eigenvalue weighted by Crippen LogP contribution is -2.51. The van der Waals surface area contributed by atoms with E-state index in [2.05, 4.69) is 65.9 Å². The number of amides is 3. The molecule has 0 aliphatic carbocycles. The topological polar surface area (TPSA) is 155 Å². The maximum absolute atomic E-state index is 13.4. The second kappa shape index (κ2) is 16.7. The summed E-state index contributed by atoms with van der Waals surface area (Å²) in [5, 5.41) is 4.93. The first-order valence-electron chi connectivity index (χ1n) is 20.0. The van der Waals surface area contributed by atoms with Gasteiger partial charge < -0.3 is 29.4 Å². The summed E-state index contributed by atoms with van der Waals surface area (Å²) in [6.07, 6.45) is 8.95. The fourth-order valence-electron chi connectivity index (χ4n) is 7.97. The van der Waals surface area contributed by atoms with Crippen molar-refractivity contribution in [1.29, 1.82) is 0 Å². The van der Waals surface area contributed by atoms with Crippen LogP contribution < -0.4 is 19.5 Å². The molecule has 300 valence electrons. The van der Waals surface area contributed by atoms with E-state index in [0.717, 1.165) is 89.1 Å². The van der Waals surface area contributed by atoms with Crippen LogP contribution in [-0.4, -0.2) is 111 Å². The number of piperazine rings is 1. The lowest BCUT2D eigenvalue weighted by atomic mass is 10.0. The van der Waals surface area contributed by atoms with Gasteiger partial charge in [0.25, 0.3) is 11.8 Å². The normalized spacial score (nSPS) is 17.4. The van der Waals surface area contributed by atoms with Gasteiger partial charge >= 0.3 is 0 Å². The zero-order chi connectivity index (χ0) is 40.3. The minimum atomic E-state index is -0.882. The molecule has 0 saturated carbocycles. The summed E-state index contributed by atoms with van der Waals surface area (Å²) in [7, 11) is 0. The van der Waals surface area contributed by atoms with E-state index in [-0.39, 0.29) is 23.5 Å². The number of rotatable bonds is 14. The summed E-state index contributed by atoms with van der Waals surface area (Å²) >= 11 is 0. The predicted octanol–water partition coefficient (Wildman–Crippen LogP) is 5.61. The third kappa shape index (κ3) is 8.09. The number of aromatic nitrogens is 4. The molecule has 1 unspecified atom stereocenters. The number of nitrogens with zero attached hydrogens (tertiary/aromatic N) is 6. The first-order valence-corrected chi connectivity index (χ1v) is 20.0. The molecule has 14 heteroatoms. The predicted molar refractivity (Wildman–Crippen MR) is 221 cm³/mol. The van der Waals surface area contributed by atoms with Gasteiger partial charge in [-0.25, -0.2) is 9.97 Å². The third-order valence-corrected chi connectivity index (χ3v) is 11.2. The lowest BCUT2D eigenvalue weighted by molar-refractivity contribution is -0.125. The fourth-order valence-corrected chi connectivity index (χ4v) is 7.97. The highest BCUT2D eigenvalue weighted by molar-refractivity contribution is 6.24. The van der Waals surface area contributed by atoms with Crippen molar-refractivity contribution in [3.63, 3.8) is 0 Å². The van der Waals surface area contributed by atoms with Gasteiger partial charge in [0.2, 0.25) is 17.7 Å². The van der Waals surface area contributed by atoms with Gasteiger partial charge in [-0.05, 0) is 61.2 Å². The molecule has 3 aliphatic rings. The Morgan fingerprint density at radius 3 is 2.31 bits per heavy atom. The van der Waals surface area contributed by atoms with Crippen LogP contribution in [0.2, 0.25) is 0 Å². The molecule has 14 nitrogen and oxygen atoms in total. The van der Waals surface area contributed by atoms with Crippen molar-refractivity contribution < 1.29 is 28.6 Å². The number of carbonyl (C=O) groups is 3. The lowest BCUT2D eigenvalue weighted by Gasteiger charge is -2.34. The number of aromatic amines is 1. The van der Waals surface area contributed by atoms with Gasteiger partial charge in [0.1, 0.15) is 25.0 Å². The van der Waals surface area contributed by atoms with E-state index in [4.69, 9.17) is 14.2 Å². The van der Waals surface area contributed by atoms with Gasteiger partial charge in [-0.2, -0.15) is 0 Å². The van der Waals surface area contributed by atoms with Crippen LogP contribution >= 0.6 is 0 Å². The second-order valence-electron chi connectivity index (χ2n) is 15.0. The standard InChI is InChI=1S/C45H44N8O6/c1-29-6-11-38(43(54)49-29)53-44(55)34-4-2-5-39(42(34)45(53)56)59-28-30-7-12-40(47-25-30)57-22-3-16-51-17-19-52(20-18-51)21-23-58-41-13-9-32(26-48-41)31-8-10-33-35-27-46-15-14-36(35)50-37(33)24-31/h2,4-5,7-10,12-15,24-27,38,50H,1,3,6,11,16-23,28H2,(H,49,54). The van der Waals surface area contributed by atoms with Gasteiger partial charge in [-0.3, -0.25) is 29.2 Å². The monoisotopic (exact) mass is 792 g/mol. The van der Waals surface area contributed by atoms with Crippen LogP contribution in [0.3, 0.4) is 0 Å². The first-order chi connectivity index (χ1) is 28.9. The van der Waals surface area contributed by atoms with Crippen LogP contribution in [0.5, 0.6) is 17.5 Å². The summed E-state index contributed by atoms with van der Waals surface area (Å²) in [5.41, 5.74) is 6.04. The number of fused-ring (bicyclic) bond motifs is 4. The van der Waals surface area contributed by atoms with E-state index < -0.39 is 23.8 Å². The smallest absolute Gasteiger partial charge is 0.266 e. The molecule has 2 N–H and O–H groups in total. The van der Waals surface area contributed by atoms with Gasteiger partial charge in [-0.1, -0.05) is 24.8 Å². The van der Waals surface area contributed by atoms with Crippen molar-refractivity contribution in [2.45, 2.75) is 31.9 Å². The van der Waals surface area contributed by atoms with E-state index in [1.807, 2.05) is 30.6 Å². The van der Waals surface area contributed by atoms with Gasteiger partial charge in [0, 0.05) is 115 Å². The van der Waals surface area contributed by atoms with Crippen molar-refractivity contribution in [1.82, 2.24) is 40.0 Å². The van der Waals surface area contributed by atoms with E-state index in [9.17, 15) is 14.4 Å². The van der Waals surface area contributed by atoms with Gasteiger partial charge in [-0.15, -0.1) is 0 Å². The van der Waals surface area contributed by atoms with Crippen LogP contribution in [0.1, 0.15) is 45.5 Å². The maximum atomic E-state index is 13.4. The minimum absolute atomic E-state index is 0.139. The molecule has 59 heavy (non-hydrogen) atoms. The summed E-state index contributed by atoms with van der Waals surface area (Å²) < 4.78 is 17.9. The summed E-state index contributed by atoms with van der Waals surface area (Å²) in [4.78, 5) is 61.8. The Balaban J connectivity index is 0.666. The number of pyridine rings is 3. The molecule has 2 fully saturated rings. The number of ether oxygens (including phenoxy) is 3. The van der Waals surface area contributed by atoms with E-state index in [1.165, 1.54) is 0 Å². The Hall–Kier alpha value is -6.64. The number of nitrogens with one attached hydrogen (secondary N) is 2. The van der Waals surface area contributed by atoms with Gasteiger partial charge in [0.05, 0.1) is 17.7 Å². The third-order valence-electron chi connectivity index (χ3n) is 11.2. The maximum Gasteiger partial charge on any atom is 0.266 e. The van der Waals surface area contributed by atoms with Crippen molar-refractivity contribution in [3.05, 3.63) is 120 Å². The molecule has 0 bridgehead atoms. The van der Waals surface area contributed by atoms with Crippen molar-refractivity contribution >= 4 is 39.5 Å². The fraction of sp³-hybridized carbons (Fsp3) is 0.289. The zero-order valence-corrected chi connectivity index (χ0v) is 32.6. The van der Waals surface area contributed by atoms with Crippen molar-refractivity contribution in [2.24, 2.45) is 0 Å². The number of benzene rings is 2. The highest BCUT2D eigenvalue weighted by Crippen LogP contribution is 2.35. The number of hydrogen-bond donors (Lipinski definition) is 2. The average Bonchev–Trinajstić information content (AvgIpc) is 3.76. The van der Waals surface area contributed by atoms with Crippen LogP contribution in [0.4, 0.5) is 0 Å². The average molecular weight is 793 g/mol. The molecule has 4 aromatic heterocycles. The molecule has 3 aliphatic heterocycles. The molecule has 1 atom stereocenters. The number of carbonyl (C=O) groups excluding carboxylic acids is 3. The number of imide groups is 1. The minimum Gasteiger partial charge on any atom is -0.488 e. The Labute approximate surface area is 340 Å². The zero-order valence-electron chi connectivity index (χ0n) is 32.6. The van der Waals surface area contributed by atoms with Gasteiger partial charge in [0.15, 0.2) is 0 Å². The molecule has 9 rings (SSSR count). The van der Waals surface area contributed by atoms with Crippen LogP contribution in [0.15, 0.2) is 104 Å².